The van der Waals surface area contributed by atoms with Gasteiger partial charge in [0.15, 0.2) is 0 Å². The summed E-state index contributed by atoms with van der Waals surface area (Å²) in [6, 6.07) is 12.8. The van der Waals surface area contributed by atoms with Gasteiger partial charge in [0, 0.05) is 13.1 Å². The third-order valence-electron chi connectivity index (χ3n) is 2.96. The van der Waals surface area contributed by atoms with E-state index in [1.54, 1.807) is 0 Å². The molecule has 0 radical (unpaired) electrons. The molecule has 1 aromatic rings. The highest BCUT2D eigenvalue weighted by atomic mass is 15.1. The summed E-state index contributed by atoms with van der Waals surface area (Å²) in [7, 11) is 2.09. The van der Waals surface area contributed by atoms with Crippen LogP contribution in [0.5, 0.6) is 0 Å². The van der Waals surface area contributed by atoms with Gasteiger partial charge in [0.1, 0.15) is 0 Å². The van der Waals surface area contributed by atoms with Crippen LogP contribution in [0.15, 0.2) is 30.3 Å². The van der Waals surface area contributed by atoms with E-state index in [1.165, 1.54) is 5.56 Å². The van der Waals surface area contributed by atoms with Gasteiger partial charge in [-0.15, -0.1) is 0 Å². The van der Waals surface area contributed by atoms with Gasteiger partial charge in [-0.3, -0.25) is 0 Å². The fraction of sp³-hybridized carbons (Fsp3) is 0.462. The molecule has 0 spiro atoms. The summed E-state index contributed by atoms with van der Waals surface area (Å²) >= 11 is 0. The Morgan fingerprint density at radius 2 is 2.00 bits per heavy atom. The second-order valence-corrected chi connectivity index (χ2v) is 4.55. The third-order valence-corrected chi connectivity index (χ3v) is 2.96. The van der Waals surface area contributed by atoms with Crippen LogP contribution >= 0.6 is 0 Å². The minimum atomic E-state index is -0.0243. The van der Waals surface area contributed by atoms with Crippen molar-refractivity contribution in [3.8, 4) is 6.07 Å². The lowest BCUT2D eigenvalue weighted by molar-refractivity contribution is 0.286. The van der Waals surface area contributed by atoms with Crippen LogP contribution in [0, 0.1) is 16.7 Å². The molecule has 1 saturated carbocycles. The maximum atomic E-state index is 8.99. The van der Waals surface area contributed by atoms with E-state index in [9.17, 15) is 0 Å². The van der Waals surface area contributed by atoms with E-state index < -0.39 is 0 Å². The standard InChI is InChI=1S/C13H16N2/c1-15(11-13(10-14)7-8-13)9-12-5-3-2-4-6-12/h2-6H,7-9,11H2,1H3. The number of hydrogen-bond donors (Lipinski definition) is 0. The summed E-state index contributed by atoms with van der Waals surface area (Å²) < 4.78 is 0. The van der Waals surface area contributed by atoms with Crippen LogP contribution in [0.2, 0.25) is 0 Å². The van der Waals surface area contributed by atoms with Gasteiger partial charge in [0.2, 0.25) is 0 Å². The van der Waals surface area contributed by atoms with Gasteiger partial charge < -0.3 is 4.90 Å². The largest absolute Gasteiger partial charge is 0.301 e. The molecule has 78 valence electrons. The molecule has 1 aliphatic rings. The van der Waals surface area contributed by atoms with Crippen LogP contribution in [0.1, 0.15) is 18.4 Å². The van der Waals surface area contributed by atoms with Crippen LogP contribution in [0.3, 0.4) is 0 Å². The van der Waals surface area contributed by atoms with Crippen molar-refractivity contribution in [1.29, 1.82) is 5.26 Å². The lowest BCUT2D eigenvalue weighted by atomic mass is 10.1. The zero-order chi connectivity index (χ0) is 10.7. The molecule has 0 amide bonds. The molecule has 0 heterocycles. The number of nitrogens with zero attached hydrogens (tertiary/aromatic N) is 2. The lowest BCUT2D eigenvalue weighted by Gasteiger charge is -2.19. The van der Waals surface area contributed by atoms with E-state index in [-0.39, 0.29) is 5.41 Å². The molecule has 2 heteroatoms. The monoisotopic (exact) mass is 200 g/mol. The van der Waals surface area contributed by atoms with Crippen molar-refractivity contribution in [2.45, 2.75) is 19.4 Å². The van der Waals surface area contributed by atoms with Crippen LogP contribution < -0.4 is 0 Å². The Morgan fingerprint density at radius 1 is 1.33 bits per heavy atom. The van der Waals surface area contributed by atoms with E-state index in [1.807, 2.05) is 6.07 Å². The summed E-state index contributed by atoms with van der Waals surface area (Å²) in [5, 5.41) is 8.99. The predicted molar refractivity (Wildman–Crippen MR) is 60.1 cm³/mol. The zero-order valence-corrected chi connectivity index (χ0v) is 9.11. The topological polar surface area (TPSA) is 27.0 Å². The second kappa shape index (κ2) is 4.04. The predicted octanol–water partition coefficient (Wildman–Crippen LogP) is 2.42. The van der Waals surface area contributed by atoms with Gasteiger partial charge in [-0.25, -0.2) is 0 Å². The van der Waals surface area contributed by atoms with Crippen molar-refractivity contribution in [3.63, 3.8) is 0 Å². The number of benzene rings is 1. The molecule has 0 unspecified atom stereocenters. The van der Waals surface area contributed by atoms with Crippen molar-refractivity contribution in [3.05, 3.63) is 35.9 Å². The smallest absolute Gasteiger partial charge is 0.0703 e. The highest BCUT2D eigenvalue weighted by molar-refractivity contribution is 5.15. The first-order valence-corrected chi connectivity index (χ1v) is 5.38. The Labute approximate surface area is 91.1 Å². The molecule has 0 bridgehead atoms. The minimum absolute atomic E-state index is 0.0243. The molecular formula is C13H16N2. The summed E-state index contributed by atoms with van der Waals surface area (Å²) in [6.45, 7) is 1.84. The highest BCUT2D eigenvalue weighted by Crippen LogP contribution is 2.45. The SMILES string of the molecule is CN(Cc1ccccc1)CC1(C#N)CC1. The number of rotatable bonds is 4. The molecule has 0 N–H and O–H groups in total. The Bertz CT molecular complexity index is 360. The maximum absolute atomic E-state index is 8.99. The van der Waals surface area contributed by atoms with Crippen LogP contribution in [-0.4, -0.2) is 18.5 Å². The molecule has 0 aromatic heterocycles. The van der Waals surface area contributed by atoms with Gasteiger partial charge in [0.05, 0.1) is 11.5 Å². The van der Waals surface area contributed by atoms with Crippen LogP contribution in [0.25, 0.3) is 0 Å². The van der Waals surface area contributed by atoms with Gasteiger partial charge in [-0.05, 0) is 25.5 Å². The Kier molecular flexibility index (Phi) is 2.75. The normalized spacial score (nSPS) is 17.4. The van der Waals surface area contributed by atoms with E-state index in [4.69, 9.17) is 5.26 Å². The molecule has 1 aromatic carbocycles. The van der Waals surface area contributed by atoms with E-state index >= 15 is 0 Å². The molecule has 2 nitrogen and oxygen atoms in total. The summed E-state index contributed by atoms with van der Waals surface area (Å²) in [5.74, 6) is 0. The number of hydrogen-bond acceptors (Lipinski definition) is 2. The van der Waals surface area contributed by atoms with E-state index in [0.717, 1.165) is 25.9 Å². The van der Waals surface area contributed by atoms with Gasteiger partial charge in [-0.2, -0.15) is 5.26 Å². The molecule has 2 rings (SSSR count). The fourth-order valence-electron chi connectivity index (χ4n) is 1.92. The Balaban J connectivity index is 1.88. The van der Waals surface area contributed by atoms with Gasteiger partial charge in [0.25, 0.3) is 0 Å². The molecule has 1 fully saturated rings. The second-order valence-electron chi connectivity index (χ2n) is 4.55. The van der Waals surface area contributed by atoms with Crippen molar-refractivity contribution in [2.75, 3.05) is 13.6 Å². The van der Waals surface area contributed by atoms with Crippen molar-refractivity contribution in [2.24, 2.45) is 5.41 Å². The first-order chi connectivity index (χ1) is 7.24. The Morgan fingerprint density at radius 3 is 2.53 bits per heavy atom. The molecule has 15 heavy (non-hydrogen) atoms. The maximum Gasteiger partial charge on any atom is 0.0703 e. The first kappa shape index (κ1) is 10.2. The summed E-state index contributed by atoms with van der Waals surface area (Å²) in [6.07, 6.45) is 2.14. The fourth-order valence-corrected chi connectivity index (χ4v) is 1.92. The molecule has 0 saturated heterocycles. The zero-order valence-electron chi connectivity index (χ0n) is 9.11. The van der Waals surface area contributed by atoms with Crippen molar-refractivity contribution in [1.82, 2.24) is 4.90 Å². The lowest BCUT2D eigenvalue weighted by Crippen LogP contribution is -2.25. The third kappa shape index (κ3) is 2.57. The van der Waals surface area contributed by atoms with E-state index in [2.05, 4.69) is 42.3 Å². The Hall–Kier alpha value is -1.33. The average molecular weight is 200 g/mol. The highest BCUT2D eigenvalue weighted by Gasteiger charge is 2.43. The van der Waals surface area contributed by atoms with Gasteiger partial charge in [-0.1, -0.05) is 30.3 Å². The van der Waals surface area contributed by atoms with Crippen molar-refractivity contribution >= 4 is 0 Å². The first-order valence-electron chi connectivity index (χ1n) is 5.38. The van der Waals surface area contributed by atoms with Crippen molar-refractivity contribution < 1.29 is 0 Å². The van der Waals surface area contributed by atoms with Crippen LogP contribution in [-0.2, 0) is 6.54 Å². The quantitative estimate of drug-likeness (QED) is 0.746. The molecule has 0 atom stereocenters. The van der Waals surface area contributed by atoms with Crippen LogP contribution in [0.4, 0.5) is 0 Å². The summed E-state index contributed by atoms with van der Waals surface area (Å²) in [5.41, 5.74) is 1.29. The van der Waals surface area contributed by atoms with E-state index in [0.29, 0.717) is 0 Å². The molecule has 1 aliphatic carbocycles. The molecular weight excluding hydrogens is 184 g/mol. The number of nitriles is 1. The molecule has 0 aliphatic heterocycles. The average Bonchev–Trinajstić information content (AvgIpc) is 3.00. The summed E-state index contributed by atoms with van der Waals surface area (Å²) in [4.78, 5) is 2.24. The minimum Gasteiger partial charge on any atom is -0.301 e. The van der Waals surface area contributed by atoms with Gasteiger partial charge >= 0.3 is 0 Å².